The predicted molar refractivity (Wildman–Crippen MR) is 116 cm³/mol. The van der Waals surface area contributed by atoms with E-state index in [4.69, 9.17) is 9.47 Å². The third-order valence-corrected chi connectivity index (χ3v) is 5.36. The molecule has 0 spiro atoms. The number of para-hydroxylation sites is 1. The van der Waals surface area contributed by atoms with E-state index in [1.54, 1.807) is 4.90 Å². The minimum Gasteiger partial charge on any atom is -0.454 e. The van der Waals surface area contributed by atoms with Gasteiger partial charge in [-0.1, -0.05) is 30.3 Å². The quantitative estimate of drug-likeness (QED) is 0.670. The average Bonchev–Trinajstić information content (AvgIpc) is 3.24. The molecule has 3 aromatic carbocycles. The maximum Gasteiger partial charge on any atom is 0.258 e. The molecule has 31 heavy (non-hydrogen) atoms. The number of hydrogen-bond acceptors (Lipinski definition) is 5. The van der Waals surface area contributed by atoms with E-state index in [0.29, 0.717) is 29.3 Å². The van der Waals surface area contributed by atoms with Gasteiger partial charge in [0.2, 0.25) is 12.7 Å². The molecule has 1 atom stereocenters. The summed E-state index contributed by atoms with van der Waals surface area (Å²) in [6, 6.07) is 20.7. The molecule has 5 rings (SSSR count). The SMILES string of the molecule is CC(=O)Nc1ccc([C@@H]2Nc3ccccc3C(=O)N2Cc2ccc3c(c2)OCO3)cc1. The summed E-state index contributed by atoms with van der Waals surface area (Å²) in [7, 11) is 0. The molecular weight excluding hydrogens is 394 g/mol. The highest BCUT2D eigenvalue weighted by molar-refractivity contribution is 6.01. The van der Waals surface area contributed by atoms with Gasteiger partial charge in [-0.15, -0.1) is 0 Å². The number of carbonyl (C=O) groups is 2. The zero-order chi connectivity index (χ0) is 21.4. The number of carbonyl (C=O) groups excluding carboxylic acids is 2. The van der Waals surface area contributed by atoms with E-state index >= 15 is 0 Å². The largest absolute Gasteiger partial charge is 0.454 e. The summed E-state index contributed by atoms with van der Waals surface area (Å²) in [6.45, 7) is 2.08. The molecule has 0 unspecified atom stereocenters. The molecule has 7 nitrogen and oxygen atoms in total. The Morgan fingerprint density at radius 2 is 1.84 bits per heavy atom. The van der Waals surface area contributed by atoms with Gasteiger partial charge in [0.1, 0.15) is 6.17 Å². The van der Waals surface area contributed by atoms with Gasteiger partial charge < -0.3 is 25.0 Å². The molecule has 0 saturated carbocycles. The third-order valence-electron chi connectivity index (χ3n) is 5.36. The molecule has 2 aliphatic rings. The van der Waals surface area contributed by atoms with Crippen LogP contribution in [0.4, 0.5) is 11.4 Å². The van der Waals surface area contributed by atoms with E-state index in [1.165, 1.54) is 6.92 Å². The van der Waals surface area contributed by atoms with Crippen LogP contribution in [0.25, 0.3) is 0 Å². The zero-order valence-electron chi connectivity index (χ0n) is 16.9. The van der Waals surface area contributed by atoms with Gasteiger partial charge in [0.25, 0.3) is 5.91 Å². The van der Waals surface area contributed by atoms with Crippen LogP contribution in [0, 0.1) is 0 Å². The molecule has 0 saturated heterocycles. The van der Waals surface area contributed by atoms with Crippen molar-refractivity contribution in [2.75, 3.05) is 17.4 Å². The standard InChI is InChI=1S/C24H21N3O4/c1-15(28)25-18-9-7-17(8-10-18)23-26-20-5-3-2-4-19(20)24(29)27(23)13-16-6-11-21-22(12-16)31-14-30-21/h2-12,23,26H,13-14H2,1H3,(H,25,28)/t23-/m1/s1. The molecule has 0 bridgehead atoms. The summed E-state index contributed by atoms with van der Waals surface area (Å²) in [5.41, 5.74) is 4.00. The van der Waals surface area contributed by atoms with Gasteiger partial charge in [0, 0.05) is 24.8 Å². The molecule has 2 N–H and O–H groups in total. The summed E-state index contributed by atoms with van der Waals surface area (Å²) in [5, 5.41) is 6.26. The normalized spacial score (nSPS) is 16.5. The van der Waals surface area contributed by atoms with Crippen molar-refractivity contribution in [2.45, 2.75) is 19.6 Å². The Morgan fingerprint density at radius 3 is 2.65 bits per heavy atom. The summed E-state index contributed by atoms with van der Waals surface area (Å²) in [6.07, 6.45) is -0.362. The monoisotopic (exact) mass is 415 g/mol. The van der Waals surface area contributed by atoms with Crippen molar-refractivity contribution < 1.29 is 19.1 Å². The molecule has 7 heteroatoms. The second-order valence-corrected chi connectivity index (χ2v) is 7.52. The van der Waals surface area contributed by atoms with Crippen LogP contribution in [0.15, 0.2) is 66.7 Å². The molecular formula is C24H21N3O4. The second-order valence-electron chi connectivity index (χ2n) is 7.52. The maximum atomic E-state index is 13.4. The lowest BCUT2D eigenvalue weighted by Crippen LogP contribution is -2.42. The van der Waals surface area contributed by atoms with Crippen molar-refractivity contribution in [3.05, 3.63) is 83.4 Å². The average molecular weight is 415 g/mol. The summed E-state index contributed by atoms with van der Waals surface area (Å²) >= 11 is 0. The molecule has 0 aromatic heterocycles. The predicted octanol–water partition coefficient (Wildman–Crippen LogP) is 4.14. The lowest BCUT2D eigenvalue weighted by molar-refractivity contribution is -0.114. The van der Waals surface area contributed by atoms with Crippen molar-refractivity contribution in [3.63, 3.8) is 0 Å². The molecule has 2 aliphatic heterocycles. The van der Waals surface area contributed by atoms with Crippen LogP contribution < -0.4 is 20.1 Å². The van der Waals surface area contributed by atoms with Crippen LogP contribution in [0.5, 0.6) is 11.5 Å². The van der Waals surface area contributed by atoms with E-state index in [0.717, 1.165) is 16.8 Å². The number of nitrogens with zero attached hydrogens (tertiary/aromatic N) is 1. The van der Waals surface area contributed by atoms with E-state index in [1.807, 2.05) is 66.7 Å². The van der Waals surface area contributed by atoms with Crippen LogP contribution in [0.2, 0.25) is 0 Å². The van der Waals surface area contributed by atoms with Gasteiger partial charge >= 0.3 is 0 Å². The topological polar surface area (TPSA) is 79.9 Å². The van der Waals surface area contributed by atoms with E-state index in [2.05, 4.69) is 10.6 Å². The fourth-order valence-electron chi connectivity index (χ4n) is 3.91. The second kappa shape index (κ2) is 7.68. The Bertz CT molecular complexity index is 1160. The number of fused-ring (bicyclic) bond motifs is 2. The highest BCUT2D eigenvalue weighted by Crippen LogP contribution is 2.37. The fourth-order valence-corrected chi connectivity index (χ4v) is 3.91. The van der Waals surface area contributed by atoms with Gasteiger partial charge in [-0.25, -0.2) is 0 Å². The van der Waals surface area contributed by atoms with Gasteiger partial charge in [-0.3, -0.25) is 9.59 Å². The molecule has 0 aliphatic carbocycles. The number of anilines is 2. The first-order valence-corrected chi connectivity index (χ1v) is 10.0. The number of rotatable bonds is 4. The van der Waals surface area contributed by atoms with E-state index in [-0.39, 0.29) is 24.8 Å². The van der Waals surface area contributed by atoms with Crippen LogP contribution in [-0.2, 0) is 11.3 Å². The molecule has 0 fully saturated rings. The van der Waals surface area contributed by atoms with Crippen LogP contribution in [0.3, 0.4) is 0 Å². The first-order valence-electron chi connectivity index (χ1n) is 10.0. The number of benzene rings is 3. The minimum absolute atomic E-state index is 0.0528. The van der Waals surface area contributed by atoms with Gasteiger partial charge in [-0.05, 0) is 47.5 Å². The van der Waals surface area contributed by atoms with E-state index in [9.17, 15) is 9.59 Å². The minimum atomic E-state index is -0.362. The van der Waals surface area contributed by atoms with Crippen molar-refractivity contribution in [3.8, 4) is 11.5 Å². The number of hydrogen-bond donors (Lipinski definition) is 2. The third kappa shape index (κ3) is 3.66. The first kappa shape index (κ1) is 19.0. The van der Waals surface area contributed by atoms with Gasteiger partial charge in [-0.2, -0.15) is 0 Å². The zero-order valence-corrected chi connectivity index (χ0v) is 16.9. The van der Waals surface area contributed by atoms with E-state index < -0.39 is 0 Å². The number of nitrogens with one attached hydrogen (secondary N) is 2. The van der Waals surface area contributed by atoms with Crippen LogP contribution in [0.1, 0.15) is 34.6 Å². The molecule has 2 heterocycles. The van der Waals surface area contributed by atoms with Crippen LogP contribution >= 0.6 is 0 Å². The van der Waals surface area contributed by atoms with Crippen molar-refractivity contribution >= 4 is 23.2 Å². The first-order chi connectivity index (χ1) is 15.1. The summed E-state index contributed by atoms with van der Waals surface area (Å²) in [5.74, 6) is 1.22. The van der Waals surface area contributed by atoms with Crippen molar-refractivity contribution in [1.82, 2.24) is 4.90 Å². The Morgan fingerprint density at radius 1 is 1.06 bits per heavy atom. The van der Waals surface area contributed by atoms with Gasteiger partial charge in [0.05, 0.1) is 5.56 Å². The maximum absolute atomic E-state index is 13.4. The van der Waals surface area contributed by atoms with Crippen molar-refractivity contribution in [2.24, 2.45) is 0 Å². The smallest absolute Gasteiger partial charge is 0.258 e. The highest BCUT2D eigenvalue weighted by atomic mass is 16.7. The molecule has 2 amide bonds. The van der Waals surface area contributed by atoms with Crippen LogP contribution in [-0.4, -0.2) is 23.5 Å². The Hall–Kier alpha value is -4.00. The molecule has 3 aromatic rings. The fraction of sp³-hybridized carbons (Fsp3) is 0.167. The highest BCUT2D eigenvalue weighted by Gasteiger charge is 2.33. The Labute approximate surface area is 179 Å². The molecule has 156 valence electrons. The number of ether oxygens (including phenoxy) is 2. The molecule has 0 radical (unpaired) electrons. The lowest BCUT2D eigenvalue weighted by Gasteiger charge is -2.38. The Balaban J connectivity index is 1.49. The lowest BCUT2D eigenvalue weighted by atomic mass is 10.0. The van der Waals surface area contributed by atoms with Gasteiger partial charge in [0.15, 0.2) is 11.5 Å². The number of amides is 2. The summed E-state index contributed by atoms with van der Waals surface area (Å²) < 4.78 is 10.9. The van der Waals surface area contributed by atoms with Crippen molar-refractivity contribution in [1.29, 1.82) is 0 Å². The summed E-state index contributed by atoms with van der Waals surface area (Å²) in [4.78, 5) is 26.5. The Kier molecular flexibility index (Phi) is 4.71.